The number of carbonyl (C=O) groups is 2. The molecule has 1 N–H and O–H groups in total. The number of alkyl halides is 1. The number of rotatable bonds is 2. The van der Waals surface area contributed by atoms with Gasteiger partial charge in [0.05, 0.1) is 17.6 Å². The minimum Gasteiger partial charge on any atom is -0.466 e. The molecule has 4 nitrogen and oxygen atoms in total. The summed E-state index contributed by atoms with van der Waals surface area (Å²) < 4.78 is 5.29. The summed E-state index contributed by atoms with van der Waals surface area (Å²) in [6.07, 6.45) is 8.95. The Morgan fingerprint density at radius 2 is 2.07 bits per heavy atom. The molecule has 0 radical (unpaired) electrons. The van der Waals surface area contributed by atoms with Crippen molar-refractivity contribution in [2.75, 3.05) is 6.61 Å². The van der Waals surface area contributed by atoms with E-state index in [4.69, 9.17) is 16.3 Å². The molecule has 0 heterocycles. The number of fused-ring (bicyclic) bond motifs is 5. The zero-order valence-electron chi connectivity index (χ0n) is 16.3. The Morgan fingerprint density at radius 3 is 2.78 bits per heavy atom. The Kier molecular flexibility index (Phi) is 4.40. The highest BCUT2D eigenvalue weighted by molar-refractivity contribution is 6.26. The lowest BCUT2D eigenvalue weighted by Gasteiger charge is -2.62. The fraction of sp³-hybridized carbons (Fsp3) is 0.727. The third kappa shape index (κ3) is 2.66. The topological polar surface area (TPSA) is 63.6 Å². The van der Waals surface area contributed by atoms with Gasteiger partial charge in [-0.3, -0.25) is 9.59 Å². The Morgan fingerprint density at radius 1 is 1.33 bits per heavy atom. The highest BCUT2D eigenvalue weighted by Gasteiger charge is 2.68. The van der Waals surface area contributed by atoms with Gasteiger partial charge in [0.15, 0.2) is 5.78 Å². The van der Waals surface area contributed by atoms with E-state index in [0.717, 1.165) is 31.3 Å². The van der Waals surface area contributed by atoms with Crippen molar-refractivity contribution in [3.8, 4) is 0 Å². The average Bonchev–Trinajstić information content (AvgIpc) is 2.91. The molecule has 0 aromatic rings. The van der Waals surface area contributed by atoms with Crippen LogP contribution in [0.25, 0.3) is 0 Å². The highest BCUT2D eigenvalue weighted by Crippen LogP contribution is 2.69. The van der Waals surface area contributed by atoms with Crippen molar-refractivity contribution in [1.29, 1.82) is 0 Å². The summed E-state index contributed by atoms with van der Waals surface area (Å²) in [7, 11) is 0. The van der Waals surface area contributed by atoms with E-state index in [2.05, 4.69) is 13.8 Å². The van der Waals surface area contributed by atoms with Crippen LogP contribution in [0.1, 0.15) is 52.9 Å². The molecule has 4 rings (SSSR count). The number of hydrogen-bond acceptors (Lipinski definition) is 4. The maximum Gasteiger partial charge on any atom is 0.302 e. The van der Waals surface area contributed by atoms with Gasteiger partial charge in [0.1, 0.15) is 0 Å². The monoisotopic (exact) mass is 392 g/mol. The number of carbonyl (C=O) groups excluding carboxylic acids is 2. The number of aliphatic hydroxyl groups excluding tert-OH is 1. The van der Waals surface area contributed by atoms with Crippen molar-refractivity contribution < 1.29 is 19.4 Å². The minimum absolute atomic E-state index is 0.0126. The summed E-state index contributed by atoms with van der Waals surface area (Å²) in [5.74, 6) is 0.666. The van der Waals surface area contributed by atoms with Gasteiger partial charge in [0.25, 0.3) is 0 Å². The van der Waals surface area contributed by atoms with E-state index in [-0.39, 0.29) is 23.1 Å². The first-order valence-electron chi connectivity index (χ1n) is 10.0. The second-order valence-corrected chi connectivity index (χ2v) is 10.2. The van der Waals surface area contributed by atoms with Crippen LogP contribution in [0.4, 0.5) is 0 Å². The number of allylic oxidation sites excluding steroid dienone is 4. The molecule has 4 aliphatic rings. The molecule has 0 aliphatic heterocycles. The van der Waals surface area contributed by atoms with Gasteiger partial charge in [-0.1, -0.05) is 25.5 Å². The van der Waals surface area contributed by atoms with Crippen molar-refractivity contribution in [3.63, 3.8) is 0 Å². The van der Waals surface area contributed by atoms with E-state index >= 15 is 0 Å². The van der Waals surface area contributed by atoms with Crippen molar-refractivity contribution >= 4 is 23.4 Å². The second kappa shape index (κ2) is 6.18. The predicted molar refractivity (Wildman–Crippen MR) is 103 cm³/mol. The fourth-order valence-electron chi connectivity index (χ4n) is 6.80. The molecule has 0 spiro atoms. The number of ether oxygens (including phenoxy) is 1. The molecule has 0 unspecified atom stereocenters. The molecule has 3 fully saturated rings. The maximum absolute atomic E-state index is 11.9. The zero-order valence-corrected chi connectivity index (χ0v) is 17.1. The molecular weight excluding hydrogens is 364 g/mol. The van der Waals surface area contributed by atoms with E-state index in [0.29, 0.717) is 24.9 Å². The maximum atomic E-state index is 11.9. The van der Waals surface area contributed by atoms with E-state index in [1.807, 2.05) is 6.08 Å². The standard InChI is InChI=1S/C22H29ClO4/c1-13(24)27-12-14-8-18-17-5-4-15-9-16(25)6-7-21(15,3)22(17,23)19(26)11-20(18,2)10-14/h6-7,9,14,17-19,26H,4-5,8,10-12H2,1-3H3/t14-,17+,18+,19+,20+,21+,22+/m1/s1. The van der Waals surface area contributed by atoms with Crippen molar-refractivity contribution in [2.24, 2.45) is 28.6 Å². The van der Waals surface area contributed by atoms with Crippen LogP contribution in [-0.4, -0.2) is 34.4 Å². The Bertz CT molecular complexity index is 743. The Labute approximate surface area is 166 Å². The largest absolute Gasteiger partial charge is 0.466 e. The molecule has 4 aliphatic carbocycles. The lowest BCUT2D eigenvalue weighted by atomic mass is 9.47. The zero-order chi connectivity index (χ0) is 19.6. The SMILES string of the molecule is CC(=O)OC[C@@H]1C[C@H]2[C@@H]3CCC4=CC(=O)C=C[C@]4(C)[C@@]3(Cl)[C@@H](O)C[C@]2(C)C1. The minimum atomic E-state index is -0.797. The van der Waals surface area contributed by atoms with Gasteiger partial charge in [-0.05, 0) is 67.4 Å². The van der Waals surface area contributed by atoms with Crippen molar-refractivity contribution in [1.82, 2.24) is 0 Å². The highest BCUT2D eigenvalue weighted by atomic mass is 35.5. The van der Waals surface area contributed by atoms with Gasteiger partial charge in [0, 0.05) is 12.3 Å². The van der Waals surface area contributed by atoms with Gasteiger partial charge in [-0.25, -0.2) is 0 Å². The predicted octanol–water partition coefficient (Wildman–Crippen LogP) is 3.81. The average molecular weight is 393 g/mol. The number of ketones is 1. The number of hydrogen-bond donors (Lipinski definition) is 1. The van der Waals surface area contributed by atoms with Gasteiger partial charge in [0.2, 0.25) is 0 Å². The van der Waals surface area contributed by atoms with Crippen LogP contribution in [-0.2, 0) is 14.3 Å². The van der Waals surface area contributed by atoms with Crippen LogP contribution in [0.3, 0.4) is 0 Å². The molecule has 148 valence electrons. The smallest absolute Gasteiger partial charge is 0.302 e. The lowest BCUT2D eigenvalue weighted by Crippen LogP contribution is -2.65. The van der Waals surface area contributed by atoms with Crippen LogP contribution in [0, 0.1) is 28.6 Å². The third-order valence-electron chi connectivity index (χ3n) is 8.01. The summed E-state index contributed by atoms with van der Waals surface area (Å²) in [4.78, 5) is 22.3. The van der Waals surface area contributed by atoms with Crippen LogP contribution in [0.15, 0.2) is 23.8 Å². The summed E-state index contributed by atoms with van der Waals surface area (Å²) in [5.41, 5.74) is 0.567. The first-order valence-corrected chi connectivity index (χ1v) is 10.4. The number of esters is 1. The second-order valence-electron chi connectivity index (χ2n) is 9.61. The summed E-state index contributed by atoms with van der Waals surface area (Å²) in [5, 5.41) is 11.3. The van der Waals surface area contributed by atoms with Gasteiger partial charge in [-0.15, -0.1) is 11.6 Å². The first kappa shape index (κ1) is 19.2. The lowest BCUT2D eigenvalue weighted by molar-refractivity contribution is -0.142. The Hall–Kier alpha value is -1.13. The first-order chi connectivity index (χ1) is 12.6. The molecule has 0 aromatic heterocycles. The molecule has 3 saturated carbocycles. The number of aliphatic hydroxyl groups is 1. The van der Waals surface area contributed by atoms with E-state index in [1.54, 1.807) is 12.2 Å². The summed E-state index contributed by atoms with van der Waals surface area (Å²) >= 11 is 7.35. The van der Waals surface area contributed by atoms with Crippen LogP contribution in [0.2, 0.25) is 0 Å². The summed E-state index contributed by atoms with van der Waals surface area (Å²) in [6, 6.07) is 0. The molecular formula is C22H29ClO4. The molecule has 0 bridgehead atoms. The van der Waals surface area contributed by atoms with Crippen molar-refractivity contribution in [3.05, 3.63) is 23.8 Å². The molecule has 5 heteroatoms. The van der Waals surface area contributed by atoms with Crippen LogP contribution in [0.5, 0.6) is 0 Å². The molecule has 0 saturated heterocycles. The fourth-order valence-corrected chi connectivity index (χ4v) is 7.32. The van der Waals surface area contributed by atoms with Gasteiger partial charge in [-0.2, -0.15) is 0 Å². The van der Waals surface area contributed by atoms with E-state index < -0.39 is 16.4 Å². The normalized spacial score (nSPS) is 48.3. The molecule has 0 aromatic carbocycles. The molecule has 7 atom stereocenters. The Balaban J connectivity index is 1.68. The summed E-state index contributed by atoms with van der Waals surface area (Å²) in [6.45, 7) is 6.25. The van der Waals surface area contributed by atoms with Crippen LogP contribution < -0.4 is 0 Å². The quantitative estimate of drug-likeness (QED) is 0.573. The third-order valence-corrected chi connectivity index (χ3v) is 8.94. The van der Waals surface area contributed by atoms with Crippen molar-refractivity contribution in [2.45, 2.75) is 63.9 Å². The van der Waals surface area contributed by atoms with Crippen LogP contribution >= 0.6 is 11.6 Å². The van der Waals surface area contributed by atoms with E-state index in [1.165, 1.54) is 6.92 Å². The van der Waals surface area contributed by atoms with E-state index in [9.17, 15) is 14.7 Å². The van der Waals surface area contributed by atoms with Gasteiger partial charge < -0.3 is 9.84 Å². The molecule has 27 heavy (non-hydrogen) atoms. The van der Waals surface area contributed by atoms with Gasteiger partial charge >= 0.3 is 5.97 Å². The molecule has 0 amide bonds. The number of halogens is 1.